The van der Waals surface area contributed by atoms with E-state index in [0.29, 0.717) is 29.4 Å². The van der Waals surface area contributed by atoms with Crippen LogP contribution in [0.1, 0.15) is 35.3 Å². The number of nitrogens with zero attached hydrogens (tertiary/aromatic N) is 1. The van der Waals surface area contributed by atoms with E-state index in [0.717, 1.165) is 5.56 Å². The van der Waals surface area contributed by atoms with E-state index in [4.69, 9.17) is 14.2 Å². The summed E-state index contributed by atoms with van der Waals surface area (Å²) in [7, 11) is 3.00. The van der Waals surface area contributed by atoms with Gasteiger partial charge in [0.05, 0.1) is 33.3 Å². The molecular formula is C21H23N3O5. The first-order valence-electron chi connectivity index (χ1n) is 9.17. The Morgan fingerprint density at radius 2 is 1.86 bits per heavy atom. The fourth-order valence-electron chi connectivity index (χ4n) is 3.00. The number of rotatable bonds is 6. The maximum absolute atomic E-state index is 12.7. The molecule has 1 aliphatic heterocycles. The van der Waals surface area contributed by atoms with Crippen LogP contribution in [0.2, 0.25) is 0 Å². The highest BCUT2D eigenvalue weighted by atomic mass is 16.5. The molecule has 1 aliphatic rings. The molecule has 1 heterocycles. The molecule has 8 heteroatoms. The summed E-state index contributed by atoms with van der Waals surface area (Å²) in [6.45, 7) is 2.39. The summed E-state index contributed by atoms with van der Waals surface area (Å²) in [6, 6.07) is 11.8. The number of guanidine groups is 1. The fourth-order valence-corrected chi connectivity index (χ4v) is 3.00. The Labute approximate surface area is 168 Å². The van der Waals surface area contributed by atoms with Gasteiger partial charge in [0.15, 0.2) is 0 Å². The van der Waals surface area contributed by atoms with Crippen LogP contribution in [0.15, 0.2) is 47.5 Å². The van der Waals surface area contributed by atoms with Gasteiger partial charge in [-0.15, -0.1) is 0 Å². The van der Waals surface area contributed by atoms with Crippen LogP contribution in [0.25, 0.3) is 0 Å². The molecule has 2 N–H and O–H groups in total. The lowest BCUT2D eigenvalue weighted by Gasteiger charge is -2.23. The van der Waals surface area contributed by atoms with Gasteiger partial charge in [-0.3, -0.25) is 20.2 Å². The predicted octanol–water partition coefficient (Wildman–Crippen LogP) is 2.45. The molecule has 0 spiro atoms. The minimum atomic E-state index is -0.457. The molecule has 2 amide bonds. The molecule has 0 aliphatic carbocycles. The molecule has 0 unspecified atom stereocenters. The molecule has 0 saturated heterocycles. The highest BCUT2D eigenvalue weighted by Gasteiger charge is 2.26. The van der Waals surface area contributed by atoms with E-state index in [1.54, 1.807) is 18.2 Å². The number of amides is 2. The summed E-state index contributed by atoms with van der Waals surface area (Å²) in [5, 5.41) is 5.25. The molecule has 152 valence electrons. The normalized spacial score (nSPS) is 15.8. The van der Waals surface area contributed by atoms with Crippen LogP contribution in [-0.2, 0) is 4.79 Å². The minimum Gasteiger partial charge on any atom is -0.497 e. The van der Waals surface area contributed by atoms with Crippen molar-refractivity contribution in [2.75, 3.05) is 20.8 Å². The Balaban J connectivity index is 1.85. The Morgan fingerprint density at radius 1 is 1.17 bits per heavy atom. The third kappa shape index (κ3) is 4.84. The first-order chi connectivity index (χ1) is 14.0. The quantitative estimate of drug-likeness (QED) is 0.780. The van der Waals surface area contributed by atoms with Crippen LogP contribution in [0.3, 0.4) is 0 Å². The highest BCUT2D eigenvalue weighted by molar-refractivity contribution is 6.10. The predicted molar refractivity (Wildman–Crippen MR) is 108 cm³/mol. The van der Waals surface area contributed by atoms with Gasteiger partial charge in [-0.05, 0) is 25.1 Å². The van der Waals surface area contributed by atoms with E-state index in [2.05, 4.69) is 15.6 Å². The van der Waals surface area contributed by atoms with Crippen molar-refractivity contribution in [2.24, 2.45) is 4.99 Å². The van der Waals surface area contributed by atoms with E-state index in [-0.39, 0.29) is 18.3 Å². The Bertz CT molecular complexity index is 919. The summed E-state index contributed by atoms with van der Waals surface area (Å²) in [5.41, 5.74) is 1.11. The molecule has 8 nitrogen and oxygen atoms in total. The lowest BCUT2D eigenvalue weighted by atomic mass is 10.0. The standard InChI is InChI=1S/C21H23N3O5/c1-4-29-18-8-6-5-7-16(18)17-12-19(25)23-21(22-17)24-20(26)13-9-14(27-2)11-15(10-13)28-3/h5-11,17H,4,12H2,1-3H3,(H2,22,23,24,25,26)/t17-/m1/s1. The lowest BCUT2D eigenvalue weighted by Crippen LogP contribution is -2.47. The Hall–Kier alpha value is -3.55. The zero-order valence-corrected chi connectivity index (χ0v) is 16.5. The van der Waals surface area contributed by atoms with Gasteiger partial charge in [-0.2, -0.15) is 0 Å². The van der Waals surface area contributed by atoms with Crippen LogP contribution in [0, 0.1) is 0 Å². The van der Waals surface area contributed by atoms with Gasteiger partial charge in [-0.25, -0.2) is 4.99 Å². The molecule has 0 saturated carbocycles. The molecular weight excluding hydrogens is 374 g/mol. The number of hydrogen-bond acceptors (Lipinski definition) is 6. The molecule has 3 rings (SSSR count). The van der Waals surface area contributed by atoms with Crippen molar-refractivity contribution in [3.63, 3.8) is 0 Å². The van der Waals surface area contributed by atoms with Gasteiger partial charge in [0.2, 0.25) is 11.9 Å². The SMILES string of the molecule is CCOc1ccccc1[C@H]1CC(=O)NC(NC(=O)c2cc(OC)cc(OC)c2)=N1. The van der Waals surface area contributed by atoms with Gasteiger partial charge in [0.1, 0.15) is 17.2 Å². The van der Waals surface area contributed by atoms with Crippen LogP contribution in [-0.4, -0.2) is 38.6 Å². The molecule has 0 bridgehead atoms. The zero-order chi connectivity index (χ0) is 20.8. The number of aliphatic imine (C=N–C) groups is 1. The second-order valence-corrected chi connectivity index (χ2v) is 6.27. The first-order valence-corrected chi connectivity index (χ1v) is 9.17. The van der Waals surface area contributed by atoms with Crippen LogP contribution >= 0.6 is 0 Å². The average molecular weight is 397 g/mol. The summed E-state index contributed by atoms with van der Waals surface area (Å²) >= 11 is 0. The first kappa shape index (κ1) is 20.2. The third-order valence-electron chi connectivity index (χ3n) is 4.34. The van der Waals surface area contributed by atoms with Crippen LogP contribution in [0.4, 0.5) is 0 Å². The maximum Gasteiger partial charge on any atom is 0.258 e. The van der Waals surface area contributed by atoms with Crippen molar-refractivity contribution in [2.45, 2.75) is 19.4 Å². The second kappa shape index (κ2) is 9.09. The Morgan fingerprint density at radius 3 is 2.52 bits per heavy atom. The van der Waals surface area contributed by atoms with Gasteiger partial charge in [0, 0.05) is 17.2 Å². The monoisotopic (exact) mass is 397 g/mol. The van der Waals surface area contributed by atoms with Gasteiger partial charge >= 0.3 is 0 Å². The van der Waals surface area contributed by atoms with Gasteiger partial charge in [-0.1, -0.05) is 18.2 Å². The molecule has 0 fully saturated rings. The summed E-state index contributed by atoms with van der Waals surface area (Å²) in [4.78, 5) is 29.4. The smallest absolute Gasteiger partial charge is 0.258 e. The molecule has 1 atom stereocenters. The number of methoxy groups -OCH3 is 2. The second-order valence-electron chi connectivity index (χ2n) is 6.27. The van der Waals surface area contributed by atoms with E-state index in [1.807, 2.05) is 31.2 Å². The number of nitrogens with one attached hydrogen (secondary N) is 2. The number of ether oxygens (including phenoxy) is 3. The van der Waals surface area contributed by atoms with Crippen molar-refractivity contribution in [3.8, 4) is 17.2 Å². The topological polar surface area (TPSA) is 98.3 Å². The van der Waals surface area contributed by atoms with Crippen LogP contribution in [0.5, 0.6) is 17.2 Å². The summed E-state index contributed by atoms with van der Waals surface area (Å²) in [6.07, 6.45) is 0.163. The molecule has 2 aromatic carbocycles. The van der Waals surface area contributed by atoms with E-state index in [1.165, 1.54) is 14.2 Å². The number of carbonyl (C=O) groups is 2. The lowest BCUT2D eigenvalue weighted by molar-refractivity contribution is -0.120. The van der Waals surface area contributed by atoms with E-state index >= 15 is 0 Å². The third-order valence-corrected chi connectivity index (χ3v) is 4.34. The van der Waals surface area contributed by atoms with E-state index < -0.39 is 11.9 Å². The van der Waals surface area contributed by atoms with Crippen molar-refractivity contribution in [3.05, 3.63) is 53.6 Å². The molecule has 0 aromatic heterocycles. The number of carbonyl (C=O) groups excluding carboxylic acids is 2. The minimum absolute atomic E-state index is 0.0874. The van der Waals surface area contributed by atoms with Crippen molar-refractivity contribution in [1.82, 2.24) is 10.6 Å². The number of benzene rings is 2. The average Bonchev–Trinajstić information content (AvgIpc) is 2.73. The van der Waals surface area contributed by atoms with Gasteiger partial charge < -0.3 is 14.2 Å². The zero-order valence-electron chi connectivity index (χ0n) is 16.5. The number of para-hydroxylation sites is 1. The maximum atomic E-state index is 12.7. The van der Waals surface area contributed by atoms with E-state index in [9.17, 15) is 9.59 Å². The molecule has 2 aromatic rings. The summed E-state index contributed by atoms with van der Waals surface area (Å²) in [5.74, 6) is 1.03. The van der Waals surface area contributed by atoms with Crippen molar-refractivity contribution in [1.29, 1.82) is 0 Å². The van der Waals surface area contributed by atoms with Crippen LogP contribution < -0.4 is 24.8 Å². The fraction of sp³-hybridized carbons (Fsp3) is 0.286. The number of hydrogen-bond donors (Lipinski definition) is 2. The largest absolute Gasteiger partial charge is 0.497 e. The Kier molecular flexibility index (Phi) is 6.33. The van der Waals surface area contributed by atoms with Crippen molar-refractivity contribution >= 4 is 17.8 Å². The summed E-state index contributed by atoms with van der Waals surface area (Å²) < 4.78 is 16.0. The molecule has 0 radical (unpaired) electrons. The van der Waals surface area contributed by atoms with Gasteiger partial charge in [0.25, 0.3) is 5.91 Å². The molecule has 29 heavy (non-hydrogen) atoms. The van der Waals surface area contributed by atoms with Crippen molar-refractivity contribution < 1.29 is 23.8 Å². The highest BCUT2D eigenvalue weighted by Crippen LogP contribution is 2.31.